The van der Waals surface area contributed by atoms with Crippen LogP contribution in [0.5, 0.6) is 0 Å². The van der Waals surface area contributed by atoms with E-state index in [9.17, 15) is 4.79 Å². The third kappa shape index (κ3) is 6.17. The second-order valence-corrected chi connectivity index (χ2v) is 8.07. The standard InChI is InChI=1S/C13H18N2.C10H19NO/c1-10-5-4-7-14-13(10)12-6-8-15(3)9-11(12)2;1-3-10(12)11(2)9-7-5-4-6-8-9/h4-5,7H,6,8-9H2,1-3H3;9H,3-8H2,1-2H3. The lowest BCUT2D eigenvalue weighted by molar-refractivity contribution is -0.132. The van der Waals surface area contributed by atoms with Crippen molar-refractivity contribution in [3.05, 3.63) is 35.2 Å². The number of pyridine rings is 1. The van der Waals surface area contributed by atoms with Crippen LogP contribution in [-0.4, -0.2) is 53.9 Å². The molecule has 0 saturated heterocycles. The zero-order valence-corrected chi connectivity index (χ0v) is 17.9. The van der Waals surface area contributed by atoms with E-state index in [0.717, 1.165) is 19.5 Å². The molecule has 4 heteroatoms. The molecule has 0 radical (unpaired) electrons. The fraction of sp³-hybridized carbons (Fsp3) is 0.652. The first kappa shape index (κ1) is 21.6. The van der Waals surface area contributed by atoms with Gasteiger partial charge in [0.05, 0.1) is 5.69 Å². The lowest BCUT2D eigenvalue weighted by Gasteiger charge is -2.31. The van der Waals surface area contributed by atoms with E-state index >= 15 is 0 Å². The highest BCUT2D eigenvalue weighted by Gasteiger charge is 2.20. The molecule has 2 aliphatic rings. The molecule has 0 aromatic carbocycles. The molecule has 0 unspecified atom stereocenters. The van der Waals surface area contributed by atoms with Gasteiger partial charge in [-0.2, -0.15) is 0 Å². The molecule has 0 bridgehead atoms. The van der Waals surface area contributed by atoms with Gasteiger partial charge in [0.15, 0.2) is 0 Å². The average molecular weight is 372 g/mol. The Bertz CT molecular complexity index is 647. The van der Waals surface area contributed by atoms with Crippen molar-refractivity contribution in [1.29, 1.82) is 0 Å². The lowest BCUT2D eigenvalue weighted by Crippen LogP contribution is -2.37. The lowest BCUT2D eigenvalue weighted by atomic mass is 9.94. The summed E-state index contributed by atoms with van der Waals surface area (Å²) < 4.78 is 0. The topological polar surface area (TPSA) is 36.4 Å². The van der Waals surface area contributed by atoms with E-state index in [1.165, 1.54) is 54.5 Å². The number of carbonyl (C=O) groups is 1. The first-order valence-corrected chi connectivity index (χ1v) is 10.5. The second kappa shape index (κ2) is 10.6. The van der Waals surface area contributed by atoms with E-state index in [4.69, 9.17) is 0 Å². The van der Waals surface area contributed by atoms with Gasteiger partial charge in [0.25, 0.3) is 0 Å². The van der Waals surface area contributed by atoms with Gasteiger partial charge in [-0.15, -0.1) is 0 Å². The molecule has 1 aromatic rings. The minimum absolute atomic E-state index is 0.293. The normalized spacial score (nSPS) is 18.7. The van der Waals surface area contributed by atoms with Crippen LogP contribution in [0, 0.1) is 6.92 Å². The Morgan fingerprint density at radius 2 is 1.96 bits per heavy atom. The molecule has 150 valence electrons. The molecule has 0 N–H and O–H groups in total. The van der Waals surface area contributed by atoms with Gasteiger partial charge < -0.3 is 9.80 Å². The number of likely N-dealkylation sites (N-methyl/N-ethyl adjacent to an activating group) is 1. The summed E-state index contributed by atoms with van der Waals surface area (Å²) in [5.41, 5.74) is 5.40. The second-order valence-electron chi connectivity index (χ2n) is 8.07. The van der Waals surface area contributed by atoms with Gasteiger partial charge in [-0.3, -0.25) is 9.78 Å². The van der Waals surface area contributed by atoms with Crippen molar-refractivity contribution in [3.8, 4) is 0 Å². The maximum Gasteiger partial charge on any atom is 0.222 e. The Morgan fingerprint density at radius 1 is 1.26 bits per heavy atom. The predicted octanol–water partition coefficient (Wildman–Crippen LogP) is 4.69. The summed E-state index contributed by atoms with van der Waals surface area (Å²) in [5.74, 6) is 0.293. The summed E-state index contributed by atoms with van der Waals surface area (Å²) in [6.07, 6.45) is 10.0. The largest absolute Gasteiger partial charge is 0.343 e. The van der Waals surface area contributed by atoms with Gasteiger partial charge in [-0.05, 0) is 57.4 Å². The third-order valence-corrected chi connectivity index (χ3v) is 5.88. The summed E-state index contributed by atoms with van der Waals surface area (Å²) in [5, 5.41) is 0. The Balaban J connectivity index is 0.000000199. The number of nitrogens with zero attached hydrogens (tertiary/aromatic N) is 3. The van der Waals surface area contributed by atoms with Crippen molar-refractivity contribution in [2.24, 2.45) is 0 Å². The zero-order valence-electron chi connectivity index (χ0n) is 17.9. The fourth-order valence-corrected chi connectivity index (χ4v) is 4.14. The average Bonchev–Trinajstić information content (AvgIpc) is 2.69. The molecule has 1 aliphatic heterocycles. The van der Waals surface area contributed by atoms with Crippen LogP contribution in [0.1, 0.15) is 70.1 Å². The number of rotatable bonds is 3. The minimum Gasteiger partial charge on any atom is -0.343 e. The summed E-state index contributed by atoms with van der Waals surface area (Å²) in [7, 11) is 4.12. The summed E-state index contributed by atoms with van der Waals surface area (Å²) in [6.45, 7) is 8.51. The zero-order chi connectivity index (χ0) is 19.8. The SMILES string of the molecule is CC1=C(c2ncccc2C)CCN(C)C1.CCC(=O)N(C)C1CCCCC1. The molecule has 1 fully saturated rings. The molecule has 1 aliphatic carbocycles. The van der Waals surface area contributed by atoms with E-state index in [0.29, 0.717) is 18.4 Å². The summed E-state index contributed by atoms with van der Waals surface area (Å²) in [4.78, 5) is 20.1. The molecule has 27 heavy (non-hydrogen) atoms. The van der Waals surface area contributed by atoms with Crippen LogP contribution in [0.4, 0.5) is 0 Å². The fourth-order valence-electron chi connectivity index (χ4n) is 4.14. The molecule has 1 aromatic heterocycles. The number of aryl methyl sites for hydroxylation is 1. The van der Waals surface area contributed by atoms with Crippen LogP contribution in [0.25, 0.3) is 5.57 Å². The molecule has 1 amide bonds. The van der Waals surface area contributed by atoms with E-state index < -0.39 is 0 Å². The first-order valence-electron chi connectivity index (χ1n) is 10.5. The molecule has 0 atom stereocenters. The van der Waals surface area contributed by atoms with Crippen LogP contribution >= 0.6 is 0 Å². The van der Waals surface area contributed by atoms with Crippen LogP contribution < -0.4 is 0 Å². The van der Waals surface area contributed by atoms with Crippen molar-refractivity contribution in [2.75, 3.05) is 27.2 Å². The Hall–Kier alpha value is -1.68. The van der Waals surface area contributed by atoms with E-state index in [2.05, 4.69) is 36.8 Å². The van der Waals surface area contributed by atoms with Gasteiger partial charge in [0, 0.05) is 38.8 Å². The summed E-state index contributed by atoms with van der Waals surface area (Å²) in [6, 6.07) is 4.68. The van der Waals surface area contributed by atoms with Gasteiger partial charge in [0.2, 0.25) is 5.91 Å². The van der Waals surface area contributed by atoms with E-state index in [-0.39, 0.29) is 0 Å². The molecule has 3 rings (SSSR count). The Labute approximate surface area is 165 Å². The number of aromatic nitrogens is 1. The maximum absolute atomic E-state index is 11.3. The molecule has 4 nitrogen and oxygen atoms in total. The van der Waals surface area contributed by atoms with Gasteiger partial charge >= 0.3 is 0 Å². The van der Waals surface area contributed by atoms with Gasteiger partial charge in [-0.1, -0.05) is 37.8 Å². The highest BCUT2D eigenvalue weighted by Crippen LogP contribution is 2.27. The van der Waals surface area contributed by atoms with Crippen molar-refractivity contribution < 1.29 is 4.79 Å². The number of hydrogen-bond acceptors (Lipinski definition) is 3. The molecule has 0 spiro atoms. The van der Waals surface area contributed by atoms with Crippen LogP contribution in [-0.2, 0) is 4.79 Å². The number of carbonyl (C=O) groups excluding carboxylic acids is 1. The van der Waals surface area contributed by atoms with Crippen molar-refractivity contribution in [3.63, 3.8) is 0 Å². The number of hydrogen-bond donors (Lipinski definition) is 0. The first-order chi connectivity index (χ1) is 12.9. The van der Waals surface area contributed by atoms with Crippen molar-refractivity contribution in [1.82, 2.24) is 14.8 Å². The monoisotopic (exact) mass is 371 g/mol. The highest BCUT2D eigenvalue weighted by atomic mass is 16.2. The quantitative estimate of drug-likeness (QED) is 0.773. The number of amides is 1. The van der Waals surface area contributed by atoms with E-state index in [1.807, 2.05) is 31.1 Å². The molecule has 2 heterocycles. The van der Waals surface area contributed by atoms with Gasteiger partial charge in [-0.25, -0.2) is 0 Å². The van der Waals surface area contributed by atoms with Crippen LogP contribution in [0.15, 0.2) is 23.9 Å². The predicted molar refractivity (Wildman–Crippen MR) is 114 cm³/mol. The van der Waals surface area contributed by atoms with Crippen molar-refractivity contribution >= 4 is 11.5 Å². The Kier molecular flexibility index (Phi) is 8.49. The Morgan fingerprint density at radius 3 is 2.56 bits per heavy atom. The highest BCUT2D eigenvalue weighted by molar-refractivity contribution is 5.75. The van der Waals surface area contributed by atoms with Crippen molar-refractivity contribution in [2.45, 2.75) is 71.8 Å². The molecule has 1 saturated carbocycles. The van der Waals surface area contributed by atoms with Crippen LogP contribution in [0.3, 0.4) is 0 Å². The smallest absolute Gasteiger partial charge is 0.222 e. The van der Waals surface area contributed by atoms with E-state index in [1.54, 1.807) is 0 Å². The minimum atomic E-state index is 0.293. The summed E-state index contributed by atoms with van der Waals surface area (Å²) >= 11 is 0. The molecular formula is C23H37N3O. The molecular weight excluding hydrogens is 334 g/mol. The van der Waals surface area contributed by atoms with Crippen LogP contribution in [0.2, 0.25) is 0 Å². The maximum atomic E-state index is 11.3. The third-order valence-electron chi connectivity index (χ3n) is 5.88. The van der Waals surface area contributed by atoms with Gasteiger partial charge in [0.1, 0.15) is 0 Å².